The molecule has 0 aromatic carbocycles. The van der Waals surface area contributed by atoms with E-state index in [2.05, 4.69) is 33.1 Å². The molecule has 0 aromatic rings. The fourth-order valence-electron chi connectivity index (χ4n) is 5.30. The average Bonchev–Trinajstić information content (AvgIpc) is 2.73. The fourth-order valence-corrected chi connectivity index (χ4v) is 5.30. The standard InChI is InChI=1S/C19H30O2/c1-5-7-9-15-10-8-11-16-14(6-2)12-13-17-19(15,16)21-18(3,4)20-17/h5-6,14-17H,1-2,7-13H2,3-4H3/t14-,15+,16?,17-,19+/m1/s1. The van der Waals surface area contributed by atoms with Gasteiger partial charge >= 0.3 is 0 Å². The van der Waals surface area contributed by atoms with Crippen molar-refractivity contribution < 1.29 is 9.47 Å². The van der Waals surface area contributed by atoms with Gasteiger partial charge in [-0.1, -0.05) is 18.6 Å². The van der Waals surface area contributed by atoms with Crippen molar-refractivity contribution in [3.05, 3.63) is 25.3 Å². The van der Waals surface area contributed by atoms with Gasteiger partial charge in [0.2, 0.25) is 0 Å². The summed E-state index contributed by atoms with van der Waals surface area (Å²) < 4.78 is 13.0. The maximum atomic E-state index is 6.68. The number of allylic oxidation sites excluding steroid dienone is 2. The van der Waals surface area contributed by atoms with Gasteiger partial charge in [0.25, 0.3) is 0 Å². The molecule has 3 fully saturated rings. The Bertz CT molecular complexity index is 414. The molecule has 1 saturated heterocycles. The van der Waals surface area contributed by atoms with Gasteiger partial charge in [-0.15, -0.1) is 13.2 Å². The van der Waals surface area contributed by atoms with Crippen LogP contribution < -0.4 is 0 Å². The molecule has 1 unspecified atom stereocenters. The molecule has 3 rings (SSSR count). The van der Waals surface area contributed by atoms with Crippen molar-refractivity contribution in [2.75, 3.05) is 0 Å². The fraction of sp³-hybridized carbons (Fsp3) is 0.789. The Balaban J connectivity index is 1.97. The van der Waals surface area contributed by atoms with E-state index in [1.165, 1.54) is 32.1 Å². The van der Waals surface area contributed by atoms with Gasteiger partial charge in [-0.3, -0.25) is 0 Å². The SMILES string of the molecule is C=CCC[C@H]1CCCC2[C@H](C=C)CC[C@H]3OC(C)(C)O[C@]213. The molecule has 0 N–H and O–H groups in total. The van der Waals surface area contributed by atoms with Crippen LogP contribution in [0.1, 0.15) is 58.8 Å². The largest absolute Gasteiger partial charge is 0.344 e. The van der Waals surface area contributed by atoms with Crippen LogP contribution in [0.3, 0.4) is 0 Å². The first-order chi connectivity index (χ1) is 10.0. The molecule has 0 amide bonds. The van der Waals surface area contributed by atoms with E-state index in [9.17, 15) is 0 Å². The third-order valence-corrected chi connectivity index (χ3v) is 5.94. The first-order valence-corrected chi connectivity index (χ1v) is 8.65. The second-order valence-electron chi connectivity index (χ2n) is 7.54. The molecule has 2 aliphatic carbocycles. The van der Waals surface area contributed by atoms with Gasteiger partial charge in [-0.25, -0.2) is 0 Å². The lowest BCUT2D eigenvalue weighted by Crippen LogP contribution is -2.59. The number of ether oxygens (including phenoxy) is 2. The van der Waals surface area contributed by atoms with Crippen molar-refractivity contribution in [2.24, 2.45) is 17.8 Å². The molecular formula is C19H30O2. The summed E-state index contributed by atoms with van der Waals surface area (Å²) in [7, 11) is 0. The van der Waals surface area contributed by atoms with E-state index < -0.39 is 5.79 Å². The van der Waals surface area contributed by atoms with Crippen molar-refractivity contribution in [2.45, 2.75) is 76.3 Å². The molecule has 118 valence electrons. The van der Waals surface area contributed by atoms with E-state index in [0.717, 1.165) is 12.8 Å². The van der Waals surface area contributed by atoms with E-state index in [0.29, 0.717) is 17.8 Å². The van der Waals surface area contributed by atoms with Crippen LogP contribution in [0.2, 0.25) is 0 Å². The highest BCUT2D eigenvalue weighted by molar-refractivity contribution is 5.13. The van der Waals surface area contributed by atoms with Gasteiger partial charge in [0.05, 0.1) is 6.10 Å². The number of rotatable bonds is 4. The van der Waals surface area contributed by atoms with Gasteiger partial charge in [0.15, 0.2) is 5.79 Å². The van der Waals surface area contributed by atoms with E-state index in [4.69, 9.17) is 9.47 Å². The Labute approximate surface area is 129 Å². The molecule has 1 spiro atoms. The Morgan fingerprint density at radius 3 is 2.67 bits per heavy atom. The maximum Gasteiger partial charge on any atom is 0.164 e. The van der Waals surface area contributed by atoms with Gasteiger partial charge in [0.1, 0.15) is 5.60 Å². The zero-order valence-corrected chi connectivity index (χ0v) is 13.6. The van der Waals surface area contributed by atoms with Crippen molar-refractivity contribution in [1.82, 2.24) is 0 Å². The third kappa shape index (κ3) is 2.41. The number of hydrogen-bond donors (Lipinski definition) is 0. The molecule has 2 saturated carbocycles. The van der Waals surface area contributed by atoms with E-state index in [1.807, 2.05) is 6.08 Å². The first kappa shape index (κ1) is 15.3. The summed E-state index contributed by atoms with van der Waals surface area (Å²) in [5.41, 5.74) is -0.0815. The third-order valence-electron chi connectivity index (χ3n) is 5.94. The highest BCUT2D eigenvalue weighted by Crippen LogP contribution is 2.59. The lowest BCUT2D eigenvalue weighted by Gasteiger charge is -2.54. The lowest BCUT2D eigenvalue weighted by atomic mass is 9.56. The minimum Gasteiger partial charge on any atom is -0.344 e. The second-order valence-corrected chi connectivity index (χ2v) is 7.54. The van der Waals surface area contributed by atoms with Gasteiger partial charge in [-0.2, -0.15) is 0 Å². The quantitative estimate of drug-likeness (QED) is 0.689. The molecule has 0 aromatic heterocycles. The van der Waals surface area contributed by atoms with Crippen LogP contribution >= 0.6 is 0 Å². The zero-order valence-electron chi connectivity index (χ0n) is 13.6. The van der Waals surface area contributed by atoms with Crippen LogP contribution in [0.4, 0.5) is 0 Å². The molecule has 2 nitrogen and oxygen atoms in total. The summed E-state index contributed by atoms with van der Waals surface area (Å²) in [6.07, 6.45) is 12.9. The number of hydrogen-bond acceptors (Lipinski definition) is 2. The summed E-state index contributed by atoms with van der Waals surface area (Å²) in [5.74, 6) is 1.33. The predicted octanol–water partition coefficient (Wildman–Crippen LogP) is 4.86. The molecule has 5 atom stereocenters. The summed E-state index contributed by atoms with van der Waals surface area (Å²) in [6, 6.07) is 0. The van der Waals surface area contributed by atoms with Crippen LogP contribution in [0.25, 0.3) is 0 Å². The predicted molar refractivity (Wildman–Crippen MR) is 86.0 cm³/mol. The molecule has 0 bridgehead atoms. The summed E-state index contributed by atoms with van der Waals surface area (Å²) in [6.45, 7) is 12.2. The zero-order chi connectivity index (χ0) is 15.1. The van der Waals surface area contributed by atoms with Crippen LogP contribution in [-0.4, -0.2) is 17.5 Å². The lowest BCUT2D eigenvalue weighted by molar-refractivity contribution is -0.203. The Morgan fingerprint density at radius 2 is 1.95 bits per heavy atom. The molecule has 1 aliphatic heterocycles. The van der Waals surface area contributed by atoms with Crippen LogP contribution in [0.15, 0.2) is 25.3 Å². The minimum absolute atomic E-state index is 0.0815. The highest BCUT2D eigenvalue weighted by Gasteiger charge is 2.64. The van der Waals surface area contributed by atoms with Gasteiger partial charge in [0, 0.05) is 0 Å². The Hall–Kier alpha value is -0.600. The van der Waals surface area contributed by atoms with Crippen LogP contribution in [0, 0.1) is 17.8 Å². The van der Waals surface area contributed by atoms with E-state index >= 15 is 0 Å². The van der Waals surface area contributed by atoms with Crippen molar-refractivity contribution >= 4 is 0 Å². The van der Waals surface area contributed by atoms with E-state index in [-0.39, 0.29) is 11.7 Å². The van der Waals surface area contributed by atoms with Crippen molar-refractivity contribution in [3.63, 3.8) is 0 Å². The van der Waals surface area contributed by atoms with Crippen LogP contribution in [-0.2, 0) is 9.47 Å². The Morgan fingerprint density at radius 1 is 1.14 bits per heavy atom. The average molecular weight is 290 g/mol. The highest BCUT2D eigenvalue weighted by atomic mass is 16.8. The first-order valence-electron chi connectivity index (χ1n) is 8.65. The molecule has 3 aliphatic rings. The van der Waals surface area contributed by atoms with Gasteiger partial charge < -0.3 is 9.47 Å². The van der Waals surface area contributed by atoms with Crippen molar-refractivity contribution in [3.8, 4) is 0 Å². The second kappa shape index (κ2) is 5.55. The molecular weight excluding hydrogens is 260 g/mol. The summed E-state index contributed by atoms with van der Waals surface area (Å²) >= 11 is 0. The smallest absolute Gasteiger partial charge is 0.164 e. The van der Waals surface area contributed by atoms with E-state index in [1.54, 1.807) is 0 Å². The molecule has 0 radical (unpaired) electrons. The summed E-state index contributed by atoms with van der Waals surface area (Å²) in [4.78, 5) is 0. The minimum atomic E-state index is -0.442. The normalized spacial score (nSPS) is 44.7. The molecule has 2 heteroatoms. The maximum absolute atomic E-state index is 6.68. The van der Waals surface area contributed by atoms with Crippen LogP contribution in [0.5, 0.6) is 0 Å². The Kier molecular flexibility index (Phi) is 4.04. The molecule has 21 heavy (non-hydrogen) atoms. The molecule has 1 heterocycles. The van der Waals surface area contributed by atoms with Crippen molar-refractivity contribution in [1.29, 1.82) is 0 Å². The topological polar surface area (TPSA) is 18.5 Å². The summed E-state index contributed by atoms with van der Waals surface area (Å²) in [5, 5.41) is 0. The monoisotopic (exact) mass is 290 g/mol. The van der Waals surface area contributed by atoms with Gasteiger partial charge in [-0.05, 0) is 70.1 Å².